The van der Waals surface area contributed by atoms with E-state index >= 15 is 0 Å². The first-order chi connectivity index (χ1) is 11.3. The highest BCUT2D eigenvalue weighted by Gasteiger charge is 2.10. The Morgan fingerprint density at radius 2 is 1.52 bits per heavy atom. The second-order valence-corrected chi connectivity index (χ2v) is 6.87. The number of ether oxygens (including phenoxy) is 1. The van der Waals surface area contributed by atoms with Crippen molar-refractivity contribution in [1.29, 1.82) is 0 Å². The average Bonchev–Trinajstić information content (AvgIpc) is 2.99. The minimum atomic E-state index is 0.902. The molecule has 0 bridgehead atoms. The Bertz CT molecular complexity index is 1200. The highest BCUT2D eigenvalue weighted by atomic mass is 32.1. The number of hydrogen-bond donors (Lipinski definition) is 0. The molecule has 4 aromatic carbocycles. The molecule has 5 aromatic rings. The maximum absolute atomic E-state index is 5.35. The van der Waals surface area contributed by atoms with Gasteiger partial charge >= 0.3 is 0 Å². The first kappa shape index (κ1) is 12.9. The van der Waals surface area contributed by atoms with Gasteiger partial charge in [-0.05, 0) is 45.8 Å². The summed E-state index contributed by atoms with van der Waals surface area (Å²) in [5, 5.41) is 7.86. The monoisotopic (exact) mass is 314 g/mol. The summed E-state index contributed by atoms with van der Waals surface area (Å²) in [5.41, 5.74) is 0. The van der Waals surface area contributed by atoms with Crippen LogP contribution in [0.2, 0.25) is 0 Å². The Hall–Kier alpha value is -2.58. The molecule has 1 nitrogen and oxygen atoms in total. The Morgan fingerprint density at radius 1 is 0.696 bits per heavy atom. The van der Waals surface area contributed by atoms with Gasteiger partial charge in [-0.3, -0.25) is 0 Å². The molecule has 2 heteroatoms. The summed E-state index contributed by atoms with van der Waals surface area (Å²) in [7, 11) is 1.71. The fraction of sp³-hybridized carbons (Fsp3) is 0.0476. The van der Waals surface area contributed by atoms with Crippen LogP contribution in [-0.4, -0.2) is 7.11 Å². The van der Waals surface area contributed by atoms with Crippen LogP contribution in [0.3, 0.4) is 0 Å². The Kier molecular flexibility index (Phi) is 2.64. The predicted molar refractivity (Wildman–Crippen MR) is 101 cm³/mol. The molecule has 110 valence electrons. The Morgan fingerprint density at radius 3 is 2.43 bits per heavy atom. The molecular weight excluding hydrogens is 300 g/mol. The van der Waals surface area contributed by atoms with Crippen molar-refractivity contribution in [2.75, 3.05) is 7.11 Å². The fourth-order valence-electron chi connectivity index (χ4n) is 3.48. The van der Waals surface area contributed by atoms with Gasteiger partial charge in [0.1, 0.15) is 5.75 Å². The Labute approximate surface area is 137 Å². The standard InChI is InChI=1S/C21H14OS/c1-22-14-7-9-15-13(12-14)6-8-17-16(15)10-11-20-21(17)18-4-2-3-5-19(18)23-20/h2-12H,1H3. The zero-order valence-electron chi connectivity index (χ0n) is 12.7. The third-order valence-corrected chi connectivity index (χ3v) is 5.70. The van der Waals surface area contributed by atoms with Gasteiger partial charge in [0.05, 0.1) is 7.11 Å². The van der Waals surface area contributed by atoms with Crippen molar-refractivity contribution in [3.63, 3.8) is 0 Å². The summed E-state index contributed by atoms with van der Waals surface area (Å²) in [4.78, 5) is 0. The van der Waals surface area contributed by atoms with Crippen LogP contribution in [0.1, 0.15) is 0 Å². The van der Waals surface area contributed by atoms with Crippen LogP contribution in [0, 0.1) is 0 Å². The lowest BCUT2D eigenvalue weighted by Gasteiger charge is -2.07. The molecule has 1 aromatic heterocycles. The third kappa shape index (κ3) is 1.79. The molecule has 0 amide bonds. The quantitative estimate of drug-likeness (QED) is 0.327. The molecule has 1 heterocycles. The van der Waals surface area contributed by atoms with Crippen LogP contribution < -0.4 is 4.74 Å². The highest BCUT2D eigenvalue weighted by Crippen LogP contribution is 2.40. The SMILES string of the molecule is COc1ccc2c(ccc3c2ccc2sc4ccccc4c23)c1. The molecule has 0 saturated heterocycles. The molecule has 5 rings (SSSR count). The summed E-state index contributed by atoms with van der Waals surface area (Å²) < 4.78 is 8.06. The second-order valence-electron chi connectivity index (χ2n) is 5.78. The molecule has 23 heavy (non-hydrogen) atoms. The van der Waals surface area contributed by atoms with Gasteiger partial charge in [0, 0.05) is 20.2 Å². The first-order valence-corrected chi connectivity index (χ1v) is 8.47. The zero-order chi connectivity index (χ0) is 15.4. The van der Waals surface area contributed by atoms with Crippen LogP contribution in [-0.2, 0) is 0 Å². The van der Waals surface area contributed by atoms with Gasteiger partial charge < -0.3 is 4.74 Å². The van der Waals surface area contributed by atoms with Crippen molar-refractivity contribution >= 4 is 53.1 Å². The predicted octanol–water partition coefficient (Wildman–Crippen LogP) is 6.37. The number of benzene rings is 4. The fourth-order valence-corrected chi connectivity index (χ4v) is 4.60. The van der Waals surface area contributed by atoms with Gasteiger partial charge in [-0.2, -0.15) is 0 Å². The number of rotatable bonds is 1. The summed E-state index contributed by atoms with van der Waals surface area (Å²) >= 11 is 1.87. The smallest absolute Gasteiger partial charge is 0.119 e. The first-order valence-electron chi connectivity index (χ1n) is 7.66. The molecule has 0 aliphatic carbocycles. The topological polar surface area (TPSA) is 9.23 Å². The van der Waals surface area contributed by atoms with Gasteiger partial charge in [0.25, 0.3) is 0 Å². The molecule has 0 radical (unpaired) electrons. The summed E-state index contributed by atoms with van der Waals surface area (Å²) in [6.07, 6.45) is 0. The normalized spacial score (nSPS) is 11.7. The minimum absolute atomic E-state index is 0.902. The van der Waals surface area contributed by atoms with Crippen LogP contribution in [0.15, 0.2) is 66.7 Å². The lowest BCUT2D eigenvalue weighted by Crippen LogP contribution is -1.83. The van der Waals surface area contributed by atoms with E-state index in [1.54, 1.807) is 7.11 Å². The second kappa shape index (κ2) is 4.71. The van der Waals surface area contributed by atoms with E-state index < -0.39 is 0 Å². The van der Waals surface area contributed by atoms with Crippen molar-refractivity contribution < 1.29 is 4.74 Å². The van der Waals surface area contributed by atoms with Crippen LogP contribution in [0.5, 0.6) is 5.75 Å². The number of fused-ring (bicyclic) bond motifs is 7. The van der Waals surface area contributed by atoms with E-state index in [-0.39, 0.29) is 0 Å². The minimum Gasteiger partial charge on any atom is -0.497 e. The van der Waals surface area contributed by atoms with E-state index in [9.17, 15) is 0 Å². The highest BCUT2D eigenvalue weighted by molar-refractivity contribution is 7.26. The lowest BCUT2D eigenvalue weighted by atomic mass is 9.98. The van der Waals surface area contributed by atoms with Crippen LogP contribution in [0.4, 0.5) is 0 Å². The van der Waals surface area contributed by atoms with Gasteiger partial charge in [0.2, 0.25) is 0 Å². The molecular formula is C21H14OS. The van der Waals surface area contributed by atoms with Crippen molar-refractivity contribution in [1.82, 2.24) is 0 Å². The molecule has 0 N–H and O–H groups in total. The van der Waals surface area contributed by atoms with E-state index in [1.165, 1.54) is 41.7 Å². The van der Waals surface area contributed by atoms with Crippen LogP contribution >= 0.6 is 11.3 Å². The molecule has 0 spiro atoms. The lowest BCUT2D eigenvalue weighted by molar-refractivity contribution is 0.415. The van der Waals surface area contributed by atoms with Gasteiger partial charge in [-0.15, -0.1) is 11.3 Å². The number of hydrogen-bond acceptors (Lipinski definition) is 2. The molecule has 0 unspecified atom stereocenters. The maximum atomic E-state index is 5.35. The summed E-state index contributed by atoms with van der Waals surface area (Å²) in [5.74, 6) is 0.902. The average molecular weight is 314 g/mol. The number of methoxy groups -OCH3 is 1. The molecule has 0 aliphatic heterocycles. The molecule has 0 aliphatic rings. The summed E-state index contributed by atoms with van der Waals surface area (Å²) in [6.45, 7) is 0. The van der Waals surface area contributed by atoms with Crippen molar-refractivity contribution in [3.05, 3.63) is 66.7 Å². The van der Waals surface area contributed by atoms with E-state index in [2.05, 4.69) is 60.7 Å². The van der Waals surface area contributed by atoms with Gasteiger partial charge in [-0.25, -0.2) is 0 Å². The Balaban J connectivity index is 1.99. The van der Waals surface area contributed by atoms with Gasteiger partial charge in [-0.1, -0.05) is 42.5 Å². The van der Waals surface area contributed by atoms with Crippen molar-refractivity contribution in [2.24, 2.45) is 0 Å². The molecule has 0 atom stereocenters. The summed E-state index contributed by atoms with van der Waals surface area (Å²) in [6, 6.07) is 23.9. The van der Waals surface area contributed by atoms with E-state index in [1.807, 2.05) is 17.4 Å². The van der Waals surface area contributed by atoms with Gasteiger partial charge in [0.15, 0.2) is 0 Å². The van der Waals surface area contributed by atoms with Crippen LogP contribution in [0.25, 0.3) is 41.7 Å². The zero-order valence-corrected chi connectivity index (χ0v) is 13.5. The molecule has 0 saturated carbocycles. The maximum Gasteiger partial charge on any atom is 0.119 e. The van der Waals surface area contributed by atoms with E-state index in [4.69, 9.17) is 4.74 Å². The third-order valence-electron chi connectivity index (χ3n) is 4.56. The van der Waals surface area contributed by atoms with Crippen molar-refractivity contribution in [3.8, 4) is 5.75 Å². The van der Waals surface area contributed by atoms with E-state index in [0.29, 0.717) is 0 Å². The van der Waals surface area contributed by atoms with Crippen molar-refractivity contribution in [2.45, 2.75) is 0 Å². The number of thiophene rings is 1. The van der Waals surface area contributed by atoms with E-state index in [0.717, 1.165) is 5.75 Å². The largest absolute Gasteiger partial charge is 0.497 e. The molecule has 0 fully saturated rings.